The molecule has 0 aliphatic heterocycles. The van der Waals surface area contributed by atoms with Crippen molar-refractivity contribution in [3.63, 3.8) is 0 Å². The highest BCUT2D eigenvalue weighted by molar-refractivity contribution is 7.89. The number of hydrogen-bond donors (Lipinski definition) is 2. The lowest BCUT2D eigenvalue weighted by atomic mass is 10.2. The first-order chi connectivity index (χ1) is 9.81. The average molecular weight is 317 g/mol. The van der Waals surface area contributed by atoms with E-state index in [9.17, 15) is 18.5 Å². The molecule has 0 saturated heterocycles. The number of ether oxygens (including phenoxy) is 1. The molecule has 0 aliphatic carbocycles. The van der Waals surface area contributed by atoms with Gasteiger partial charge < -0.3 is 10.1 Å². The van der Waals surface area contributed by atoms with Gasteiger partial charge in [-0.25, -0.2) is 13.1 Å². The van der Waals surface area contributed by atoms with Crippen molar-refractivity contribution < 1.29 is 18.1 Å². The molecule has 0 bridgehead atoms. The maximum absolute atomic E-state index is 12.1. The fraction of sp³-hybridized carbons (Fsp3) is 0.500. The van der Waals surface area contributed by atoms with E-state index in [1.165, 1.54) is 19.2 Å². The summed E-state index contributed by atoms with van der Waals surface area (Å²) >= 11 is 0. The Hall–Kier alpha value is -1.71. The van der Waals surface area contributed by atoms with Gasteiger partial charge in [0.05, 0.1) is 15.9 Å². The first kappa shape index (κ1) is 17.3. The van der Waals surface area contributed by atoms with Crippen LogP contribution >= 0.6 is 0 Å². The summed E-state index contributed by atoms with van der Waals surface area (Å²) in [7, 11) is -2.35. The van der Waals surface area contributed by atoms with E-state index in [-0.39, 0.29) is 28.9 Å². The molecule has 118 valence electrons. The van der Waals surface area contributed by atoms with Crippen molar-refractivity contribution >= 4 is 21.4 Å². The molecule has 0 radical (unpaired) electrons. The number of hydrogen-bond acceptors (Lipinski definition) is 6. The first-order valence-electron chi connectivity index (χ1n) is 6.36. The number of benzene rings is 1. The number of nitrogens with zero attached hydrogens (tertiary/aromatic N) is 1. The van der Waals surface area contributed by atoms with Crippen molar-refractivity contribution in [2.24, 2.45) is 0 Å². The van der Waals surface area contributed by atoms with Gasteiger partial charge in [0.15, 0.2) is 0 Å². The summed E-state index contributed by atoms with van der Waals surface area (Å²) in [6.45, 7) is 4.08. The SMILES string of the molecule is CCNc1ccc(S(=O)(=O)NCC(C)OC)cc1[N+](=O)[O-]. The highest BCUT2D eigenvalue weighted by atomic mass is 32.2. The van der Waals surface area contributed by atoms with E-state index in [0.29, 0.717) is 6.54 Å². The fourth-order valence-corrected chi connectivity index (χ4v) is 2.70. The molecule has 0 amide bonds. The molecule has 1 aromatic carbocycles. The van der Waals surface area contributed by atoms with Gasteiger partial charge in [0, 0.05) is 26.3 Å². The van der Waals surface area contributed by atoms with Crippen LogP contribution in [0.4, 0.5) is 11.4 Å². The van der Waals surface area contributed by atoms with Crippen molar-refractivity contribution in [2.75, 3.05) is 25.5 Å². The van der Waals surface area contributed by atoms with Gasteiger partial charge in [0.1, 0.15) is 5.69 Å². The van der Waals surface area contributed by atoms with Crippen LogP contribution in [0.15, 0.2) is 23.1 Å². The Balaban J connectivity index is 3.07. The number of nitrogens with one attached hydrogen (secondary N) is 2. The summed E-state index contributed by atoms with van der Waals surface area (Å²) in [5.74, 6) is 0. The van der Waals surface area contributed by atoms with Crippen molar-refractivity contribution in [2.45, 2.75) is 24.8 Å². The molecule has 0 spiro atoms. The number of sulfonamides is 1. The van der Waals surface area contributed by atoms with Crippen molar-refractivity contribution in [3.8, 4) is 0 Å². The largest absolute Gasteiger partial charge is 0.380 e. The lowest BCUT2D eigenvalue weighted by Gasteiger charge is -2.12. The molecule has 1 unspecified atom stereocenters. The molecule has 0 fully saturated rings. The van der Waals surface area contributed by atoms with Gasteiger partial charge in [-0.2, -0.15) is 0 Å². The van der Waals surface area contributed by atoms with Crippen LogP contribution in [0.2, 0.25) is 0 Å². The molecule has 2 N–H and O–H groups in total. The molecule has 1 rings (SSSR count). The Labute approximate surface area is 123 Å². The molecule has 0 saturated carbocycles. The van der Waals surface area contributed by atoms with E-state index < -0.39 is 14.9 Å². The number of nitro benzene ring substituents is 1. The van der Waals surface area contributed by atoms with Crippen molar-refractivity contribution in [1.82, 2.24) is 4.72 Å². The normalized spacial score (nSPS) is 12.9. The van der Waals surface area contributed by atoms with Crippen LogP contribution < -0.4 is 10.0 Å². The lowest BCUT2D eigenvalue weighted by molar-refractivity contribution is -0.384. The highest BCUT2D eigenvalue weighted by Gasteiger charge is 2.21. The average Bonchev–Trinajstić information content (AvgIpc) is 2.45. The van der Waals surface area contributed by atoms with Crippen LogP contribution in [0, 0.1) is 10.1 Å². The zero-order chi connectivity index (χ0) is 16.0. The minimum Gasteiger partial charge on any atom is -0.380 e. The van der Waals surface area contributed by atoms with Gasteiger partial charge in [0.2, 0.25) is 10.0 Å². The van der Waals surface area contributed by atoms with Crippen molar-refractivity contribution in [1.29, 1.82) is 0 Å². The number of nitro groups is 1. The highest BCUT2D eigenvalue weighted by Crippen LogP contribution is 2.27. The number of rotatable bonds is 8. The number of anilines is 1. The zero-order valence-electron chi connectivity index (χ0n) is 12.1. The monoisotopic (exact) mass is 317 g/mol. The van der Waals surface area contributed by atoms with E-state index in [4.69, 9.17) is 4.74 Å². The minimum atomic E-state index is -3.82. The van der Waals surface area contributed by atoms with Gasteiger partial charge in [-0.3, -0.25) is 10.1 Å². The van der Waals surface area contributed by atoms with Crippen molar-refractivity contribution in [3.05, 3.63) is 28.3 Å². The summed E-state index contributed by atoms with van der Waals surface area (Å²) in [5, 5.41) is 13.8. The third-order valence-corrected chi connectivity index (χ3v) is 4.23. The zero-order valence-corrected chi connectivity index (χ0v) is 12.9. The summed E-state index contributed by atoms with van der Waals surface area (Å²) in [4.78, 5) is 10.2. The van der Waals surface area contributed by atoms with Gasteiger partial charge in [0.25, 0.3) is 5.69 Å². The van der Waals surface area contributed by atoms with Crippen LogP contribution in [0.1, 0.15) is 13.8 Å². The van der Waals surface area contributed by atoms with Gasteiger partial charge >= 0.3 is 0 Å². The molecule has 0 heterocycles. The Morgan fingerprint density at radius 1 is 1.43 bits per heavy atom. The molecular formula is C12H19N3O5S. The first-order valence-corrected chi connectivity index (χ1v) is 7.85. The number of methoxy groups -OCH3 is 1. The van der Waals surface area contributed by atoms with Gasteiger partial charge in [-0.1, -0.05) is 0 Å². The summed E-state index contributed by atoms with van der Waals surface area (Å²) < 4.78 is 31.5. The van der Waals surface area contributed by atoms with E-state index >= 15 is 0 Å². The topological polar surface area (TPSA) is 111 Å². The fourth-order valence-electron chi connectivity index (χ4n) is 1.56. The predicted octanol–water partition coefficient (Wildman–Crippen LogP) is 1.34. The molecular weight excluding hydrogens is 298 g/mol. The third kappa shape index (κ3) is 4.66. The van der Waals surface area contributed by atoms with E-state index in [1.807, 2.05) is 0 Å². The summed E-state index contributed by atoms with van der Waals surface area (Å²) in [6, 6.07) is 3.75. The van der Waals surface area contributed by atoms with Gasteiger partial charge in [-0.15, -0.1) is 0 Å². The quantitative estimate of drug-likeness (QED) is 0.553. The Morgan fingerprint density at radius 3 is 2.62 bits per heavy atom. The minimum absolute atomic E-state index is 0.0849. The standard InChI is InChI=1S/C12H19N3O5S/c1-4-13-11-6-5-10(7-12(11)15(16)17)21(18,19)14-8-9(2)20-3/h5-7,9,13-14H,4,8H2,1-3H3. The Bertz CT molecular complexity index is 603. The van der Waals surface area contributed by atoms with Crippen LogP contribution in [0.25, 0.3) is 0 Å². The molecule has 0 aliphatic rings. The maximum atomic E-state index is 12.1. The van der Waals surface area contributed by atoms with Crippen LogP contribution in [-0.4, -0.2) is 39.6 Å². The predicted molar refractivity (Wildman–Crippen MR) is 78.9 cm³/mol. The summed E-state index contributed by atoms with van der Waals surface area (Å²) in [5.41, 5.74) is 0.00576. The Morgan fingerprint density at radius 2 is 2.10 bits per heavy atom. The van der Waals surface area contributed by atoms with Crippen LogP contribution in [0.5, 0.6) is 0 Å². The van der Waals surface area contributed by atoms with Gasteiger partial charge in [-0.05, 0) is 26.0 Å². The second-order valence-corrected chi connectivity index (χ2v) is 6.13. The smallest absolute Gasteiger partial charge is 0.293 e. The molecule has 21 heavy (non-hydrogen) atoms. The van der Waals surface area contributed by atoms with Crippen LogP contribution in [0.3, 0.4) is 0 Å². The molecule has 9 heteroatoms. The van der Waals surface area contributed by atoms with E-state index in [1.54, 1.807) is 13.8 Å². The van der Waals surface area contributed by atoms with Crippen LogP contribution in [-0.2, 0) is 14.8 Å². The lowest BCUT2D eigenvalue weighted by Crippen LogP contribution is -2.31. The molecule has 8 nitrogen and oxygen atoms in total. The molecule has 0 aromatic heterocycles. The third-order valence-electron chi connectivity index (χ3n) is 2.81. The Kier molecular flexibility index (Phi) is 6.06. The van der Waals surface area contributed by atoms with E-state index in [2.05, 4.69) is 10.0 Å². The summed E-state index contributed by atoms with van der Waals surface area (Å²) in [6.07, 6.45) is -0.296. The second-order valence-electron chi connectivity index (χ2n) is 4.36. The molecule has 1 atom stereocenters. The molecule has 1 aromatic rings. The second kappa shape index (κ2) is 7.34. The maximum Gasteiger partial charge on any atom is 0.293 e. The van der Waals surface area contributed by atoms with E-state index in [0.717, 1.165) is 6.07 Å².